The molecule has 0 atom stereocenters. The first kappa shape index (κ1) is 16.9. The summed E-state index contributed by atoms with van der Waals surface area (Å²) < 4.78 is 0. The van der Waals surface area contributed by atoms with Gasteiger partial charge in [0.25, 0.3) is 10.9 Å². The van der Waals surface area contributed by atoms with E-state index in [2.05, 4.69) is 15.6 Å². The Bertz CT molecular complexity index is 949. The number of hydrogen-bond acceptors (Lipinski definition) is 5. The second-order valence-electron chi connectivity index (χ2n) is 7.04. The average Bonchev–Trinajstić information content (AvgIpc) is 2.60. The Morgan fingerprint density at radius 2 is 1.68 bits per heavy atom. The summed E-state index contributed by atoms with van der Waals surface area (Å²) in [6.07, 6.45) is 3.54. The zero-order valence-electron chi connectivity index (χ0n) is 14.6. The van der Waals surface area contributed by atoms with Crippen molar-refractivity contribution < 1.29 is 0 Å². The molecule has 0 fully saturated rings. The summed E-state index contributed by atoms with van der Waals surface area (Å²) in [6.45, 7) is 6.30. The first-order valence-corrected chi connectivity index (χ1v) is 8.20. The summed E-state index contributed by atoms with van der Waals surface area (Å²) in [7, 11) is 0. The minimum absolute atomic E-state index is 0.285. The van der Waals surface area contributed by atoms with Crippen LogP contribution in [0.4, 0.5) is 11.4 Å². The largest absolute Gasteiger partial charge is 0.376 e. The molecule has 5 nitrogen and oxygen atoms in total. The molecule has 2 aromatic carbocycles. The van der Waals surface area contributed by atoms with Crippen molar-refractivity contribution in [1.82, 2.24) is 4.98 Å². The van der Waals surface area contributed by atoms with Gasteiger partial charge in [0.1, 0.15) is 11.4 Å². The van der Waals surface area contributed by atoms with Crippen LogP contribution in [0.25, 0.3) is 11.1 Å². The molecule has 1 heterocycles. The van der Waals surface area contributed by atoms with E-state index in [4.69, 9.17) is 0 Å². The topological polar surface area (TPSA) is 71.1 Å². The Labute approximate surface area is 146 Å². The number of anilines is 2. The Morgan fingerprint density at radius 3 is 2.36 bits per heavy atom. The van der Waals surface area contributed by atoms with Gasteiger partial charge in [-0.2, -0.15) is 0 Å². The molecule has 0 radical (unpaired) electrons. The van der Waals surface area contributed by atoms with Crippen LogP contribution in [0.5, 0.6) is 0 Å². The fourth-order valence-electron chi connectivity index (χ4n) is 2.72. The molecular formula is C20H21N3O2. The first-order valence-electron chi connectivity index (χ1n) is 8.20. The molecule has 5 heteroatoms. The van der Waals surface area contributed by atoms with Crippen molar-refractivity contribution in [3.8, 4) is 11.1 Å². The maximum atomic E-state index is 11.9. The monoisotopic (exact) mass is 335 g/mol. The Balaban J connectivity index is 1.84. The van der Waals surface area contributed by atoms with E-state index in [0.29, 0.717) is 17.9 Å². The molecule has 0 saturated heterocycles. The second kappa shape index (κ2) is 6.51. The molecule has 2 N–H and O–H groups in total. The van der Waals surface area contributed by atoms with Gasteiger partial charge in [-0.05, 0) is 38.0 Å². The molecule has 0 aliphatic rings. The molecule has 0 aliphatic carbocycles. The van der Waals surface area contributed by atoms with Crippen molar-refractivity contribution in [1.29, 1.82) is 0 Å². The van der Waals surface area contributed by atoms with Gasteiger partial charge in [-0.1, -0.05) is 30.3 Å². The molecule has 0 amide bonds. The summed E-state index contributed by atoms with van der Waals surface area (Å²) in [5.41, 5.74) is 2.61. The van der Waals surface area contributed by atoms with Gasteiger partial charge in [0.15, 0.2) is 0 Å². The minimum atomic E-state index is -0.467. The molecule has 128 valence electrons. The van der Waals surface area contributed by atoms with Gasteiger partial charge in [-0.3, -0.25) is 14.6 Å². The molecular weight excluding hydrogens is 314 g/mol. The number of rotatable bonds is 5. The molecule has 0 spiro atoms. The van der Waals surface area contributed by atoms with E-state index < -0.39 is 10.9 Å². The van der Waals surface area contributed by atoms with Crippen molar-refractivity contribution in [2.75, 3.05) is 10.6 Å². The van der Waals surface area contributed by atoms with Crippen LogP contribution < -0.4 is 21.5 Å². The molecule has 0 unspecified atom stereocenters. The van der Waals surface area contributed by atoms with Gasteiger partial charge in [-0.25, -0.2) is 0 Å². The van der Waals surface area contributed by atoms with Crippen LogP contribution in [0.15, 0.2) is 58.4 Å². The fraction of sp³-hybridized carbons (Fsp3) is 0.250. The van der Waals surface area contributed by atoms with Crippen molar-refractivity contribution in [3.63, 3.8) is 0 Å². The summed E-state index contributed by atoms with van der Waals surface area (Å²) in [4.78, 5) is 27.9. The van der Waals surface area contributed by atoms with E-state index in [9.17, 15) is 9.59 Å². The lowest BCUT2D eigenvalue weighted by atomic mass is 10.0. The zero-order valence-corrected chi connectivity index (χ0v) is 14.6. The quantitative estimate of drug-likeness (QED) is 0.701. The highest BCUT2D eigenvalue weighted by atomic mass is 16.2. The van der Waals surface area contributed by atoms with E-state index in [1.807, 2.05) is 63.4 Å². The summed E-state index contributed by atoms with van der Waals surface area (Å²) >= 11 is 0. The molecule has 0 saturated carbocycles. The van der Waals surface area contributed by atoms with E-state index >= 15 is 0 Å². The summed E-state index contributed by atoms with van der Waals surface area (Å²) in [6, 6.07) is 11.8. The van der Waals surface area contributed by atoms with Crippen LogP contribution >= 0.6 is 0 Å². The third-order valence-corrected chi connectivity index (χ3v) is 3.86. The molecule has 1 aromatic heterocycles. The van der Waals surface area contributed by atoms with Gasteiger partial charge in [0, 0.05) is 30.0 Å². The normalized spacial score (nSPS) is 11.5. The Morgan fingerprint density at radius 1 is 0.960 bits per heavy atom. The van der Waals surface area contributed by atoms with Gasteiger partial charge < -0.3 is 10.6 Å². The molecule has 3 aromatic rings. The summed E-state index contributed by atoms with van der Waals surface area (Å²) in [5, 5.41) is 6.23. The smallest absolute Gasteiger partial charge is 0.253 e. The first-order chi connectivity index (χ1) is 11.9. The molecule has 3 rings (SSSR count). The lowest BCUT2D eigenvalue weighted by molar-refractivity contribution is 0.632. The molecule has 0 aliphatic heterocycles. The van der Waals surface area contributed by atoms with Crippen LogP contribution in [0.3, 0.4) is 0 Å². The van der Waals surface area contributed by atoms with E-state index in [1.165, 1.54) is 0 Å². The van der Waals surface area contributed by atoms with Crippen LogP contribution in [-0.4, -0.2) is 10.5 Å². The van der Waals surface area contributed by atoms with Crippen molar-refractivity contribution in [2.24, 2.45) is 0 Å². The number of pyridine rings is 1. The highest BCUT2D eigenvalue weighted by Gasteiger charge is 2.24. The number of nitrogens with zero attached hydrogens (tertiary/aromatic N) is 1. The zero-order chi connectivity index (χ0) is 18.0. The van der Waals surface area contributed by atoms with Gasteiger partial charge in [-0.15, -0.1) is 0 Å². The predicted octanol–water partition coefficient (Wildman–Crippen LogP) is 3.17. The maximum absolute atomic E-state index is 11.9. The van der Waals surface area contributed by atoms with Crippen LogP contribution in [-0.2, 0) is 6.54 Å². The van der Waals surface area contributed by atoms with Crippen molar-refractivity contribution >= 4 is 11.4 Å². The SMILES string of the molecule is CC(C)(C)Nc1c(NCc2ccccc2-c2cccnc2)c(=O)c1=O. The van der Waals surface area contributed by atoms with Crippen LogP contribution in [0.1, 0.15) is 26.3 Å². The highest BCUT2D eigenvalue weighted by molar-refractivity contribution is 5.75. The third kappa shape index (κ3) is 3.60. The number of aromatic nitrogens is 1. The van der Waals surface area contributed by atoms with Gasteiger partial charge >= 0.3 is 0 Å². The number of hydrogen-bond donors (Lipinski definition) is 2. The van der Waals surface area contributed by atoms with E-state index in [1.54, 1.807) is 6.20 Å². The van der Waals surface area contributed by atoms with Crippen LogP contribution in [0.2, 0.25) is 0 Å². The van der Waals surface area contributed by atoms with Gasteiger partial charge in [0.05, 0.1) is 0 Å². The van der Waals surface area contributed by atoms with E-state index in [-0.39, 0.29) is 5.54 Å². The predicted molar refractivity (Wildman–Crippen MR) is 102 cm³/mol. The van der Waals surface area contributed by atoms with E-state index in [0.717, 1.165) is 16.7 Å². The lowest BCUT2D eigenvalue weighted by Crippen LogP contribution is -2.41. The maximum Gasteiger partial charge on any atom is 0.253 e. The van der Waals surface area contributed by atoms with Crippen molar-refractivity contribution in [2.45, 2.75) is 32.9 Å². The minimum Gasteiger partial charge on any atom is -0.376 e. The fourth-order valence-corrected chi connectivity index (χ4v) is 2.72. The second-order valence-corrected chi connectivity index (χ2v) is 7.04. The van der Waals surface area contributed by atoms with Gasteiger partial charge in [0.2, 0.25) is 0 Å². The average molecular weight is 335 g/mol. The Hall–Kier alpha value is -2.95. The standard InChI is InChI=1S/C20H21N3O2/c1-20(2,3)23-17-16(18(24)19(17)25)22-12-14-7-4-5-9-15(14)13-8-6-10-21-11-13/h4-11,22-23H,12H2,1-3H3. The third-order valence-electron chi connectivity index (χ3n) is 3.86. The number of benzene rings is 1. The van der Waals surface area contributed by atoms with Crippen LogP contribution in [0, 0.1) is 0 Å². The molecule has 0 bridgehead atoms. The lowest BCUT2D eigenvalue weighted by Gasteiger charge is -2.25. The highest BCUT2D eigenvalue weighted by Crippen LogP contribution is 2.25. The molecule has 25 heavy (non-hydrogen) atoms. The Kier molecular flexibility index (Phi) is 4.40. The number of nitrogens with one attached hydrogen (secondary N) is 2. The summed E-state index contributed by atoms with van der Waals surface area (Å²) in [5.74, 6) is 0. The van der Waals surface area contributed by atoms with Crippen molar-refractivity contribution in [3.05, 3.63) is 74.8 Å².